The van der Waals surface area contributed by atoms with Crippen LogP contribution in [-0.4, -0.2) is 19.5 Å². The molecule has 12 aromatic rings. The Morgan fingerprint density at radius 3 is 1.68 bits per heavy atom. The minimum atomic E-state index is 0.599. The van der Waals surface area contributed by atoms with E-state index in [2.05, 4.69) is 120 Å². The zero-order chi connectivity index (χ0) is 37.5. The van der Waals surface area contributed by atoms with Gasteiger partial charge in [-0.2, -0.15) is 0 Å². The summed E-state index contributed by atoms with van der Waals surface area (Å²) >= 11 is 1.86. The molecule has 0 saturated carbocycles. The van der Waals surface area contributed by atoms with Crippen molar-refractivity contribution in [2.75, 3.05) is 0 Å². The van der Waals surface area contributed by atoms with E-state index in [0.29, 0.717) is 17.5 Å². The second-order valence-corrected chi connectivity index (χ2v) is 15.5. The number of nitrogens with zero attached hydrogens (tertiary/aromatic N) is 4. The van der Waals surface area contributed by atoms with Crippen LogP contribution in [0.1, 0.15) is 0 Å². The third-order valence-electron chi connectivity index (χ3n) is 11.0. The summed E-state index contributed by atoms with van der Waals surface area (Å²) in [7, 11) is 0. The van der Waals surface area contributed by atoms with Crippen LogP contribution in [0.2, 0.25) is 0 Å². The van der Waals surface area contributed by atoms with E-state index in [1.165, 1.54) is 42.0 Å². The van der Waals surface area contributed by atoms with Gasteiger partial charge < -0.3 is 8.98 Å². The number of benzene rings is 8. The van der Waals surface area contributed by atoms with Crippen LogP contribution in [0.25, 0.3) is 115 Å². The molecule has 0 bridgehead atoms. The first-order valence-electron chi connectivity index (χ1n) is 19.0. The molecule has 0 aliphatic carbocycles. The highest BCUT2D eigenvalue weighted by atomic mass is 32.1. The second-order valence-electron chi connectivity index (χ2n) is 14.4. The molecule has 0 amide bonds. The van der Waals surface area contributed by atoms with Crippen molar-refractivity contribution in [3.63, 3.8) is 0 Å². The standard InChI is InChI=1S/C51H30N4OS/c1-4-12-31(13-5-1)49-52-50(32-14-6-2-7-15-32)54-51(53-49)35-20-23-37-41-27-34(22-25-45(41)56-46(37)28-35)33-21-24-43-39(26-33)40-29-42-38-18-10-11-19-47(38)57-48(42)30-44(40)55(43)36-16-8-3-9-17-36/h1-30H. The fourth-order valence-electron chi connectivity index (χ4n) is 8.31. The summed E-state index contributed by atoms with van der Waals surface area (Å²) in [5, 5.41) is 7.20. The molecule has 0 saturated heterocycles. The maximum absolute atomic E-state index is 6.51. The summed E-state index contributed by atoms with van der Waals surface area (Å²) in [6, 6.07) is 63.9. The molecule has 0 radical (unpaired) electrons. The second kappa shape index (κ2) is 12.6. The van der Waals surface area contributed by atoms with E-state index in [-0.39, 0.29) is 0 Å². The highest BCUT2D eigenvalue weighted by Gasteiger charge is 2.18. The first-order chi connectivity index (χ1) is 28.2. The van der Waals surface area contributed by atoms with Crippen LogP contribution in [-0.2, 0) is 0 Å². The van der Waals surface area contributed by atoms with Gasteiger partial charge in [0.15, 0.2) is 17.5 Å². The number of rotatable bonds is 5. The summed E-state index contributed by atoms with van der Waals surface area (Å²) < 4.78 is 11.5. The van der Waals surface area contributed by atoms with Gasteiger partial charge in [-0.3, -0.25) is 0 Å². The van der Waals surface area contributed by atoms with Crippen LogP contribution < -0.4 is 0 Å². The van der Waals surface area contributed by atoms with Crippen molar-refractivity contribution in [2.24, 2.45) is 0 Å². The third kappa shape index (κ3) is 5.19. The molecule has 6 heteroatoms. The lowest BCUT2D eigenvalue weighted by Gasteiger charge is -2.08. The van der Waals surface area contributed by atoms with Gasteiger partial charge in [-0.05, 0) is 77.9 Å². The molecule has 0 aliphatic rings. The topological polar surface area (TPSA) is 56.7 Å². The molecule has 12 rings (SSSR count). The molecular weight excluding hydrogens is 717 g/mol. The average molecular weight is 747 g/mol. The van der Waals surface area contributed by atoms with Crippen molar-refractivity contribution >= 4 is 75.3 Å². The molecule has 0 unspecified atom stereocenters. The average Bonchev–Trinajstić information content (AvgIpc) is 3.94. The summed E-state index contributed by atoms with van der Waals surface area (Å²) in [4.78, 5) is 14.8. The summed E-state index contributed by atoms with van der Waals surface area (Å²) in [5.41, 5.74) is 10.2. The molecule has 266 valence electrons. The fraction of sp³-hybridized carbons (Fsp3) is 0. The lowest BCUT2D eigenvalue weighted by molar-refractivity contribution is 0.669. The highest BCUT2D eigenvalue weighted by molar-refractivity contribution is 7.25. The Labute approximate surface area is 330 Å². The SMILES string of the molecule is c1ccc(-c2nc(-c3ccccc3)nc(-c3ccc4c(c3)oc3ccc(-c5ccc6c(c5)c5cc7c(cc5n6-c5ccccc5)sc5ccccc57)cc34)n2)cc1. The minimum Gasteiger partial charge on any atom is -0.456 e. The lowest BCUT2D eigenvalue weighted by Crippen LogP contribution is -2.00. The number of thiophene rings is 1. The third-order valence-corrected chi connectivity index (χ3v) is 12.2. The Balaban J connectivity index is 0.991. The van der Waals surface area contributed by atoms with Crippen LogP contribution in [0.3, 0.4) is 0 Å². The Morgan fingerprint density at radius 2 is 0.947 bits per heavy atom. The smallest absolute Gasteiger partial charge is 0.164 e. The molecule has 8 aromatic carbocycles. The van der Waals surface area contributed by atoms with Gasteiger partial charge in [0.05, 0.1) is 11.0 Å². The van der Waals surface area contributed by atoms with E-state index < -0.39 is 0 Å². The molecule has 0 fully saturated rings. The quantitative estimate of drug-likeness (QED) is 0.176. The largest absolute Gasteiger partial charge is 0.456 e. The zero-order valence-electron chi connectivity index (χ0n) is 30.4. The van der Waals surface area contributed by atoms with Gasteiger partial charge in [0.25, 0.3) is 0 Å². The molecule has 0 N–H and O–H groups in total. The van der Waals surface area contributed by atoms with Crippen molar-refractivity contribution in [3.05, 3.63) is 182 Å². The van der Waals surface area contributed by atoms with Gasteiger partial charge >= 0.3 is 0 Å². The first kappa shape index (κ1) is 31.9. The predicted molar refractivity (Wildman–Crippen MR) is 236 cm³/mol. The molecule has 0 aliphatic heterocycles. The van der Waals surface area contributed by atoms with Crippen LogP contribution in [0, 0.1) is 0 Å². The van der Waals surface area contributed by atoms with Crippen molar-refractivity contribution < 1.29 is 4.42 Å². The number of furan rings is 1. The van der Waals surface area contributed by atoms with Gasteiger partial charge in [0.2, 0.25) is 0 Å². The molecule has 4 aromatic heterocycles. The fourth-order valence-corrected chi connectivity index (χ4v) is 9.43. The maximum Gasteiger partial charge on any atom is 0.164 e. The van der Waals surface area contributed by atoms with Crippen LogP contribution in [0.5, 0.6) is 0 Å². The Bertz CT molecular complexity index is 3460. The van der Waals surface area contributed by atoms with Crippen LogP contribution in [0.4, 0.5) is 0 Å². The number of aromatic nitrogens is 4. The lowest BCUT2D eigenvalue weighted by atomic mass is 10.00. The van der Waals surface area contributed by atoms with Crippen LogP contribution >= 0.6 is 11.3 Å². The normalized spacial score (nSPS) is 11.9. The van der Waals surface area contributed by atoms with Crippen molar-refractivity contribution in [1.29, 1.82) is 0 Å². The van der Waals surface area contributed by atoms with E-state index in [9.17, 15) is 0 Å². The summed E-state index contributed by atoms with van der Waals surface area (Å²) in [6.45, 7) is 0. The van der Waals surface area contributed by atoms with Gasteiger partial charge in [-0.1, -0.05) is 115 Å². The van der Waals surface area contributed by atoms with Gasteiger partial charge in [0, 0.05) is 64.1 Å². The Morgan fingerprint density at radius 1 is 0.351 bits per heavy atom. The van der Waals surface area contributed by atoms with E-state index in [1.54, 1.807) is 0 Å². The number of fused-ring (bicyclic) bond motifs is 9. The predicted octanol–water partition coefficient (Wildman–Crippen LogP) is 13.9. The molecule has 57 heavy (non-hydrogen) atoms. The van der Waals surface area contributed by atoms with E-state index >= 15 is 0 Å². The maximum atomic E-state index is 6.51. The van der Waals surface area contributed by atoms with E-state index in [0.717, 1.165) is 55.4 Å². The number of hydrogen-bond donors (Lipinski definition) is 0. The zero-order valence-corrected chi connectivity index (χ0v) is 31.2. The minimum absolute atomic E-state index is 0.599. The van der Waals surface area contributed by atoms with Gasteiger partial charge in [-0.25, -0.2) is 15.0 Å². The monoisotopic (exact) mass is 746 g/mol. The molecule has 4 heterocycles. The Kier molecular flexibility index (Phi) is 7.03. The molecule has 0 spiro atoms. The van der Waals surface area contributed by atoms with E-state index in [1.807, 2.05) is 78.1 Å². The van der Waals surface area contributed by atoms with Crippen molar-refractivity contribution in [2.45, 2.75) is 0 Å². The van der Waals surface area contributed by atoms with E-state index in [4.69, 9.17) is 19.4 Å². The molecule has 0 atom stereocenters. The highest BCUT2D eigenvalue weighted by Crippen LogP contribution is 2.42. The van der Waals surface area contributed by atoms with Gasteiger partial charge in [-0.15, -0.1) is 11.3 Å². The van der Waals surface area contributed by atoms with Crippen LogP contribution in [0.15, 0.2) is 186 Å². The number of para-hydroxylation sites is 1. The molecule has 5 nitrogen and oxygen atoms in total. The molecular formula is C51H30N4OS. The van der Waals surface area contributed by atoms with Crippen molar-refractivity contribution in [1.82, 2.24) is 19.5 Å². The Hall–Kier alpha value is -7.41. The van der Waals surface area contributed by atoms with Crippen molar-refractivity contribution in [3.8, 4) is 51.0 Å². The first-order valence-corrected chi connectivity index (χ1v) is 19.8. The summed E-state index contributed by atoms with van der Waals surface area (Å²) in [5.74, 6) is 1.86. The number of hydrogen-bond acceptors (Lipinski definition) is 5. The summed E-state index contributed by atoms with van der Waals surface area (Å²) in [6.07, 6.45) is 0. The van der Waals surface area contributed by atoms with Gasteiger partial charge in [0.1, 0.15) is 11.2 Å².